The number of rotatable bonds is 5. The number of hydrogen-bond donors (Lipinski definition) is 0. The predicted molar refractivity (Wildman–Crippen MR) is 84.2 cm³/mol. The third-order valence-corrected chi connectivity index (χ3v) is 4.04. The molecule has 0 bridgehead atoms. The summed E-state index contributed by atoms with van der Waals surface area (Å²) < 4.78 is 5.68. The fraction of sp³-hybridized carbons (Fsp3) is 0.200. The minimum absolute atomic E-state index is 0.580. The van der Waals surface area contributed by atoms with Crippen LogP contribution in [0.3, 0.4) is 0 Å². The summed E-state index contributed by atoms with van der Waals surface area (Å²) in [5.74, 6) is 1.19. The number of thiophene rings is 1. The third kappa shape index (κ3) is 3.69. The van der Waals surface area contributed by atoms with Crippen LogP contribution in [0.25, 0.3) is 10.8 Å². The Kier molecular flexibility index (Phi) is 4.34. The summed E-state index contributed by atoms with van der Waals surface area (Å²) in [5.41, 5.74) is 1.16. The van der Waals surface area contributed by atoms with E-state index in [0.717, 1.165) is 22.0 Å². The van der Waals surface area contributed by atoms with Gasteiger partial charge in [-0.15, -0.1) is 21.5 Å². The Labute approximate surface area is 132 Å². The molecule has 0 amide bonds. The zero-order valence-electron chi connectivity index (χ0n) is 11.5. The normalized spacial score (nSPS) is 11.2. The molecule has 6 heteroatoms. The first kappa shape index (κ1) is 14.3. The minimum atomic E-state index is 0.580. The highest BCUT2D eigenvalue weighted by Gasteiger charge is 2.11. The number of aromatic nitrogens is 2. The lowest BCUT2D eigenvalue weighted by molar-refractivity contribution is 0.283. The first-order valence-corrected chi connectivity index (χ1v) is 7.76. The van der Waals surface area contributed by atoms with Gasteiger partial charge in [0.25, 0.3) is 5.89 Å². The molecule has 2 heterocycles. The van der Waals surface area contributed by atoms with Crippen LogP contribution < -0.4 is 0 Å². The molecule has 3 rings (SSSR count). The van der Waals surface area contributed by atoms with Crippen molar-refractivity contribution in [2.45, 2.75) is 13.1 Å². The van der Waals surface area contributed by atoms with Crippen molar-refractivity contribution in [2.75, 3.05) is 7.05 Å². The zero-order chi connectivity index (χ0) is 14.7. The van der Waals surface area contributed by atoms with Crippen LogP contribution in [0.15, 0.2) is 46.2 Å². The van der Waals surface area contributed by atoms with Crippen molar-refractivity contribution in [2.24, 2.45) is 0 Å². The van der Waals surface area contributed by atoms with Crippen molar-refractivity contribution in [3.05, 3.63) is 58.3 Å². The van der Waals surface area contributed by atoms with E-state index in [1.807, 2.05) is 48.8 Å². The molecule has 0 atom stereocenters. The number of halogens is 1. The molecule has 0 unspecified atom stereocenters. The van der Waals surface area contributed by atoms with Crippen LogP contribution in [0, 0.1) is 0 Å². The largest absolute Gasteiger partial charge is 0.419 e. The zero-order valence-corrected chi connectivity index (χ0v) is 13.1. The summed E-state index contributed by atoms with van der Waals surface area (Å²) in [4.78, 5) is 3.10. The monoisotopic (exact) mass is 319 g/mol. The van der Waals surface area contributed by atoms with E-state index in [4.69, 9.17) is 16.0 Å². The number of benzene rings is 1. The Morgan fingerprint density at radius 1 is 1.19 bits per heavy atom. The predicted octanol–water partition coefficient (Wildman–Crippen LogP) is 4.08. The van der Waals surface area contributed by atoms with Gasteiger partial charge in [-0.25, -0.2) is 0 Å². The molecule has 0 fully saturated rings. The van der Waals surface area contributed by atoms with Gasteiger partial charge in [-0.2, -0.15) is 0 Å². The van der Waals surface area contributed by atoms with Crippen LogP contribution in [0.1, 0.15) is 11.5 Å². The average molecular weight is 320 g/mol. The lowest BCUT2D eigenvalue weighted by Gasteiger charge is -2.14. The van der Waals surface area contributed by atoms with Gasteiger partial charge < -0.3 is 4.42 Å². The Bertz CT molecular complexity index is 711. The van der Waals surface area contributed by atoms with Gasteiger partial charge in [0.1, 0.15) is 0 Å². The molecule has 0 N–H and O–H groups in total. The molecular weight excluding hydrogens is 306 g/mol. The fourth-order valence-corrected chi connectivity index (χ4v) is 2.91. The van der Waals surface area contributed by atoms with Crippen LogP contribution in [-0.2, 0) is 13.1 Å². The van der Waals surface area contributed by atoms with Gasteiger partial charge in [-0.3, -0.25) is 4.90 Å². The Morgan fingerprint density at radius 3 is 2.86 bits per heavy atom. The summed E-state index contributed by atoms with van der Waals surface area (Å²) >= 11 is 7.58. The summed E-state index contributed by atoms with van der Waals surface area (Å²) in [7, 11) is 2.01. The first-order chi connectivity index (χ1) is 10.2. The second-order valence-electron chi connectivity index (χ2n) is 4.78. The Hall–Kier alpha value is -1.69. The second kappa shape index (κ2) is 6.39. The van der Waals surface area contributed by atoms with E-state index >= 15 is 0 Å². The molecule has 3 aromatic rings. The number of hydrogen-bond acceptors (Lipinski definition) is 5. The quantitative estimate of drug-likeness (QED) is 0.710. The maximum atomic E-state index is 5.99. The highest BCUT2D eigenvalue weighted by Crippen LogP contribution is 2.23. The van der Waals surface area contributed by atoms with E-state index in [-0.39, 0.29) is 0 Å². The summed E-state index contributed by atoms with van der Waals surface area (Å²) in [6.07, 6.45) is 0. The molecule has 0 radical (unpaired) electrons. The van der Waals surface area contributed by atoms with Gasteiger partial charge in [-0.05, 0) is 36.2 Å². The molecule has 0 aliphatic rings. The van der Waals surface area contributed by atoms with Crippen LogP contribution in [0.4, 0.5) is 0 Å². The van der Waals surface area contributed by atoms with Crippen molar-refractivity contribution >= 4 is 22.9 Å². The van der Waals surface area contributed by atoms with Crippen molar-refractivity contribution in [3.63, 3.8) is 0 Å². The lowest BCUT2D eigenvalue weighted by atomic mass is 10.2. The fourth-order valence-electron chi connectivity index (χ4n) is 2.05. The van der Waals surface area contributed by atoms with Gasteiger partial charge in [0.15, 0.2) is 0 Å². The summed E-state index contributed by atoms with van der Waals surface area (Å²) in [6, 6.07) is 11.8. The van der Waals surface area contributed by atoms with Gasteiger partial charge in [-0.1, -0.05) is 29.8 Å². The number of nitrogens with zero attached hydrogens (tertiary/aromatic N) is 3. The molecule has 0 aliphatic carbocycles. The van der Waals surface area contributed by atoms with E-state index in [1.165, 1.54) is 0 Å². The smallest absolute Gasteiger partial charge is 0.257 e. The molecule has 21 heavy (non-hydrogen) atoms. The van der Waals surface area contributed by atoms with Gasteiger partial charge in [0.2, 0.25) is 5.89 Å². The van der Waals surface area contributed by atoms with Gasteiger partial charge in [0.05, 0.1) is 11.4 Å². The molecule has 0 spiro atoms. The van der Waals surface area contributed by atoms with E-state index in [1.54, 1.807) is 11.3 Å². The van der Waals surface area contributed by atoms with Crippen LogP contribution in [-0.4, -0.2) is 22.1 Å². The molecule has 108 valence electrons. The second-order valence-corrected chi connectivity index (χ2v) is 6.16. The molecule has 0 saturated heterocycles. The Morgan fingerprint density at radius 2 is 2.10 bits per heavy atom. The lowest BCUT2D eigenvalue weighted by Crippen LogP contribution is -2.17. The van der Waals surface area contributed by atoms with Crippen LogP contribution in [0.2, 0.25) is 5.02 Å². The van der Waals surface area contributed by atoms with Crippen molar-refractivity contribution in [1.29, 1.82) is 0 Å². The maximum absolute atomic E-state index is 5.99. The molecule has 1 aromatic carbocycles. The maximum Gasteiger partial charge on any atom is 0.257 e. The molecule has 0 saturated carbocycles. The van der Waals surface area contributed by atoms with Crippen molar-refractivity contribution in [1.82, 2.24) is 15.1 Å². The summed E-state index contributed by atoms with van der Waals surface area (Å²) in [5, 5.41) is 10.9. The van der Waals surface area contributed by atoms with Crippen molar-refractivity contribution < 1.29 is 4.42 Å². The molecule has 0 aliphatic heterocycles. The minimum Gasteiger partial charge on any atom is -0.419 e. The summed E-state index contributed by atoms with van der Waals surface area (Å²) in [6.45, 7) is 1.38. The van der Waals surface area contributed by atoms with Crippen LogP contribution >= 0.6 is 22.9 Å². The SMILES string of the molecule is CN(Cc1cccc(Cl)c1)Cc1nnc(-c2cccs2)o1. The topological polar surface area (TPSA) is 42.2 Å². The molecule has 2 aromatic heterocycles. The van der Waals surface area contributed by atoms with E-state index in [2.05, 4.69) is 15.1 Å². The molecule has 4 nitrogen and oxygen atoms in total. The first-order valence-electron chi connectivity index (χ1n) is 6.50. The highest BCUT2D eigenvalue weighted by molar-refractivity contribution is 7.13. The van der Waals surface area contributed by atoms with Gasteiger partial charge in [0, 0.05) is 11.6 Å². The van der Waals surface area contributed by atoms with Crippen molar-refractivity contribution in [3.8, 4) is 10.8 Å². The molecular formula is C15H14ClN3OS. The van der Waals surface area contributed by atoms with E-state index in [9.17, 15) is 0 Å². The van der Waals surface area contributed by atoms with Crippen LogP contribution in [0.5, 0.6) is 0 Å². The van der Waals surface area contributed by atoms with Gasteiger partial charge >= 0.3 is 0 Å². The third-order valence-electron chi connectivity index (χ3n) is 2.95. The standard InChI is InChI=1S/C15H14ClN3OS/c1-19(9-11-4-2-5-12(16)8-11)10-14-17-18-15(20-14)13-6-3-7-21-13/h2-8H,9-10H2,1H3. The van der Waals surface area contributed by atoms with E-state index in [0.29, 0.717) is 18.3 Å². The van der Waals surface area contributed by atoms with E-state index < -0.39 is 0 Å². The Balaban J connectivity index is 1.64. The highest BCUT2D eigenvalue weighted by atomic mass is 35.5. The average Bonchev–Trinajstić information content (AvgIpc) is 3.08.